The number of thiazole rings is 1. The first-order valence-corrected chi connectivity index (χ1v) is 9.52. The van der Waals surface area contributed by atoms with Gasteiger partial charge in [0.15, 0.2) is 5.13 Å². The molecule has 0 saturated heterocycles. The van der Waals surface area contributed by atoms with E-state index in [-0.39, 0.29) is 0 Å². The molecule has 1 N–H and O–H groups in total. The number of aryl methyl sites for hydroxylation is 1. The fourth-order valence-corrected chi connectivity index (χ4v) is 4.58. The van der Waals surface area contributed by atoms with Crippen molar-refractivity contribution >= 4 is 49.7 Å². The molecular weight excluding hydrogens is 408 g/mol. The van der Waals surface area contributed by atoms with Crippen molar-refractivity contribution in [3.63, 3.8) is 0 Å². The predicted octanol–water partition coefficient (Wildman–Crippen LogP) is 6.08. The van der Waals surface area contributed by atoms with Gasteiger partial charge in [-0.25, -0.2) is 4.98 Å². The van der Waals surface area contributed by atoms with Gasteiger partial charge in [0, 0.05) is 25.6 Å². The Morgan fingerprint density at radius 2 is 1.96 bits per heavy atom. The Kier molecular flexibility index (Phi) is 4.24. The van der Waals surface area contributed by atoms with Crippen molar-refractivity contribution in [3.8, 4) is 17.0 Å². The van der Waals surface area contributed by atoms with Gasteiger partial charge in [-0.15, -0.1) is 11.3 Å². The SMILES string of the molecule is COc1ccc(Br)c2c1-c1nc(Nc3ccc(Cl)cc3)sc1CC2. The number of nitrogens with one attached hydrogen (secondary N) is 1. The summed E-state index contributed by atoms with van der Waals surface area (Å²) in [4.78, 5) is 6.12. The molecule has 122 valence electrons. The number of nitrogens with zero attached hydrogens (tertiary/aromatic N) is 1. The molecule has 0 radical (unpaired) electrons. The van der Waals surface area contributed by atoms with Crippen LogP contribution in [0.3, 0.4) is 0 Å². The molecule has 0 unspecified atom stereocenters. The van der Waals surface area contributed by atoms with Gasteiger partial charge in [-0.3, -0.25) is 0 Å². The minimum atomic E-state index is 0.725. The van der Waals surface area contributed by atoms with Crippen LogP contribution < -0.4 is 10.1 Å². The summed E-state index contributed by atoms with van der Waals surface area (Å²) < 4.78 is 6.69. The second-order valence-corrected chi connectivity index (χ2v) is 7.90. The van der Waals surface area contributed by atoms with Crippen LogP contribution in [0.5, 0.6) is 5.75 Å². The molecule has 3 nitrogen and oxygen atoms in total. The molecule has 0 spiro atoms. The van der Waals surface area contributed by atoms with Crippen molar-refractivity contribution in [1.82, 2.24) is 4.98 Å². The number of benzene rings is 2. The summed E-state index contributed by atoms with van der Waals surface area (Å²) in [6.07, 6.45) is 1.98. The summed E-state index contributed by atoms with van der Waals surface area (Å²) in [5, 5.41) is 4.98. The van der Waals surface area contributed by atoms with Gasteiger partial charge in [-0.2, -0.15) is 0 Å². The molecule has 0 atom stereocenters. The Morgan fingerprint density at radius 3 is 2.71 bits per heavy atom. The molecule has 1 aliphatic carbocycles. The molecule has 1 aliphatic rings. The summed E-state index contributed by atoms with van der Waals surface area (Å²) in [5.74, 6) is 0.873. The van der Waals surface area contributed by atoms with Crippen molar-refractivity contribution in [3.05, 3.63) is 56.3 Å². The number of hydrogen-bond donors (Lipinski definition) is 1. The predicted molar refractivity (Wildman–Crippen MR) is 104 cm³/mol. The van der Waals surface area contributed by atoms with Crippen molar-refractivity contribution in [2.75, 3.05) is 12.4 Å². The van der Waals surface area contributed by atoms with Gasteiger partial charge >= 0.3 is 0 Å². The number of methoxy groups -OCH3 is 1. The van der Waals surface area contributed by atoms with Crippen LogP contribution in [-0.2, 0) is 12.8 Å². The zero-order chi connectivity index (χ0) is 16.7. The second-order valence-electron chi connectivity index (χ2n) is 5.53. The first kappa shape index (κ1) is 15.9. The molecule has 0 bridgehead atoms. The maximum absolute atomic E-state index is 5.94. The molecule has 1 aromatic heterocycles. The molecule has 0 saturated carbocycles. The van der Waals surface area contributed by atoms with Crippen molar-refractivity contribution in [2.24, 2.45) is 0 Å². The smallest absolute Gasteiger partial charge is 0.187 e. The zero-order valence-electron chi connectivity index (χ0n) is 12.9. The maximum atomic E-state index is 5.94. The van der Waals surface area contributed by atoms with Crippen molar-refractivity contribution in [2.45, 2.75) is 12.8 Å². The van der Waals surface area contributed by atoms with E-state index in [1.807, 2.05) is 36.4 Å². The number of rotatable bonds is 3. The van der Waals surface area contributed by atoms with Gasteiger partial charge in [0.1, 0.15) is 5.75 Å². The Labute approximate surface area is 157 Å². The number of hydrogen-bond acceptors (Lipinski definition) is 4. The van der Waals surface area contributed by atoms with Crippen molar-refractivity contribution in [1.29, 1.82) is 0 Å². The largest absolute Gasteiger partial charge is 0.496 e. The van der Waals surface area contributed by atoms with Crippen LogP contribution in [0.1, 0.15) is 10.4 Å². The standard InChI is InChI=1S/C18H14BrClN2OS/c1-23-14-8-7-13(19)12-6-9-15-17(16(12)14)22-18(24-15)21-11-4-2-10(20)3-5-11/h2-5,7-8H,6,9H2,1H3,(H,21,22). The van der Waals surface area contributed by atoms with E-state index in [4.69, 9.17) is 21.3 Å². The van der Waals surface area contributed by atoms with Gasteiger partial charge in [-0.05, 0) is 54.8 Å². The lowest BCUT2D eigenvalue weighted by Crippen LogP contribution is -2.05. The van der Waals surface area contributed by atoms with E-state index < -0.39 is 0 Å². The van der Waals surface area contributed by atoms with Crippen LogP contribution >= 0.6 is 38.9 Å². The molecule has 3 aromatic rings. The van der Waals surface area contributed by atoms with Crippen LogP contribution in [0.4, 0.5) is 10.8 Å². The van der Waals surface area contributed by atoms with Gasteiger partial charge in [0.2, 0.25) is 0 Å². The van der Waals surface area contributed by atoms with Gasteiger partial charge in [0.25, 0.3) is 0 Å². The number of fused-ring (bicyclic) bond motifs is 3. The molecule has 0 aliphatic heterocycles. The third-order valence-corrected chi connectivity index (χ3v) is 6.09. The lowest BCUT2D eigenvalue weighted by molar-refractivity contribution is 0.415. The molecule has 2 aromatic carbocycles. The molecular formula is C18H14BrClN2OS. The summed E-state index contributed by atoms with van der Waals surface area (Å²) in [7, 11) is 1.71. The lowest BCUT2D eigenvalue weighted by Gasteiger charge is -2.19. The fourth-order valence-electron chi connectivity index (χ4n) is 2.94. The van der Waals surface area contributed by atoms with Gasteiger partial charge < -0.3 is 10.1 Å². The molecule has 4 rings (SSSR count). The summed E-state index contributed by atoms with van der Waals surface area (Å²) >= 11 is 11.3. The van der Waals surface area contributed by atoms with Crippen LogP contribution in [0.25, 0.3) is 11.3 Å². The van der Waals surface area contributed by atoms with E-state index in [1.54, 1.807) is 18.4 Å². The average Bonchev–Trinajstić information content (AvgIpc) is 3.00. The number of halogens is 2. The first-order valence-electron chi connectivity index (χ1n) is 7.53. The number of anilines is 2. The topological polar surface area (TPSA) is 34.1 Å². The van der Waals surface area contributed by atoms with E-state index in [9.17, 15) is 0 Å². The highest BCUT2D eigenvalue weighted by Crippen LogP contribution is 2.45. The second kappa shape index (κ2) is 6.39. The van der Waals surface area contributed by atoms with Crippen LogP contribution in [0, 0.1) is 0 Å². The number of ether oxygens (including phenoxy) is 1. The van der Waals surface area contributed by atoms with E-state index in [1.165, 1.54) is 10.4 Å². The monoisotopic (exact) mass is 420 g/mol. The molecule has 0 fully saturated rings. The Hall–Kier alpha value is -1.56. The highest BCUT2D eigenvalue weighted by molar-refractivity contribution is 9.10. The lowest BCUT2D eigenvalue weighted by atomic mass is 9.93. The molecule has 24 heavy (non-hydrogen) atoms. The fraction of sp³-hybridized carbons (Fsp3) is 0.167. The molecule has 6 heteroatoms. The van der Waals surface area contributed by atoms with E-state index in [2.05, 4.69) is 21.2 Å². The normalized spacial score (nSPS) is 12.5. The van der Waals surface area contributed by atoms with Crippen molar-refractivity contribution < 1.29 is 4.74 Å². The van der Waals surface area contributed by atoms with Crippen LogP contribution in [-0.4, -0.2) is 12.1 Å². The van der Waals surface area contributed by atoms with Crippen LogP contribution in [0.15, 0.2) is 40.9 Å². The minimum Gasteiger partial charge on any atom is -0.496 e. The van der Waals surface area contributed by atoms with Crippen LogP contribution in [0.2, 0.25) is 5.02 Å². The highest BCUT2D eigenvalue weighted by Gasteiger charge is 2.26. The minimum absolute atomic E-state index is 0.725. The number of aromatic nitrogens is 1. The van der Waals surface area contributed by atoms with E-state index >= 15 is 0 Å². The Balaban J connectivity index is 1.75. The zero-order valence-corrected chi connectivity index (χ0v) is 16.1. The summed E-state index contributed by atoms with van der Waals surface area (Å²) in [6, 6.07) is 11.7. The quantitative estimate of drug-likeness (QED) is 0.557. The van der Waals surface area contributed by atoms with Gasteiger partial charge in [0.05, 0.1) is 12.8 Å². The van der Waals surface area contributed by atoms with E-state index in [0.29, 0.717) is 0 Å². The Bertz CT molecular complexity index is 908. The Morgan fingerprint density at radius 1 is 1.17 bits per heavy atom. The molecule has 1 heterocycles. The first-order chi connectivity index (χ1) is 11.7. The third-order valence-electron chi connectivity index (χ3n) is 4.07. The van der Waals surface area contributed by atoms with Gasteiger partial charge in [-0.1, -0.05) is 27.5 Å². The average molecular weight is 422 g/mol. The molecule has 0 amide bonds. The summed E-state index contributed by atoms with van der Waals surface area (Å²) in [6.45, 7) is 0. The third kappa shape index (κ3) is 2.81. The maximum Gasteiger partial charge on any atom is 0.187 e. The highest BCUT2D eigenvalue weighted by atomic mass is 79.9. The summed E-state index contributed by atoms with van der Waals surface area (Å²) in [5.41, 5.74) is 4.38. The van der Waals surface area contributed by atoms with E-state index in [0.717, 1.165) is 50.2 Å².